The molecule has 14 heavy (non-hydrogen) atoms. The number of nitriles is 1. The second kappa shape index (κ2) is 4.81. The molecule has 0 amide bonds. The van der Waals surface area contributed by atoms with Crippen LogP contribution in [0, 0.1) is 18.3 Å². The molecule has 1 heteroatoms. The summed E-state index contributed by atoms with van der Waals surface area (Å²) >= 11 is 0. The molecular weight excluding hydrogens is 170 g/mol. The van der Waals surface area contributed by atoms with Gasteiger partial charge in [-0.2, -0.15) is 5.26 Å². The molecule has 1 rings (SSSR count). The van der Waals surface area contributed by atoms with Gasteiger partial charge in [0.2, 0.25) is 0 Å². The number of hydrogen-bond acceptors (Lipinski definition) is 1. The fourth-order valence-corrected chi connectivity index (χ4v) is 1.72. The summed E-state index contributed by atoms with van der Waals surface area (Å²) in [4.78, 5) is 0. The Morgan fingerprint density at radius 2 is 2.14 bits per heavy atom. The van der Waals surface area contributed by atoms with Crippen LogP contribution in [0.5, 0.6) is 0 Å². The lowest BCUT2D eigenvalue weighted by atomic mass is 9.94. The molecule has 74 valence electrons. The van der Waals surface area contributed by atoms with Crippen molar-refractivity contribution in [1.82, 2.24) is 0 Å². The molecule has 0 aliphatic heterocycles. The largest absolute Gasteiger partial charge is 0.192 e. The Morgan fingerprint density at radius 3 is 2.64 bits per heavy atom. The van der Waals surface area contributed by atoms with Crippen LogP contribution >= 0.6 is 0 Å². The highest BCUT2D eigenvalue weighted by atomic mass is 14.2. The maximum atomic E-state index is 8.80. The van der Waals surface area contributed by atoms with Crippen LogP contribution in [0.3, 0.4) is 0 Å². The zero-order valence-corrected chi connectivity index (χ0v) is 9.17. The number of aryl methyl sites for hydroxylation is 1. The Hall–Kier alpha value is -1.29. The van der Waals surface area contributed by atoms with E-state index in [1.165, 1.54) is 18.4 Å². The van der Waals surface area contributed by atoms with E-state index in [-0.39, 0.29) is 0 Å². The van der Waals surface area contributed by atoms with Gasteiger partial charge in [0.1, 0.15) is 0 Å². The fourth-order valence-electron chi connectivity index (χ4n) is 1.72. The highest BCUT2D eigenvalue weighted by Gasteiger charge is 2.05. The van der Waals surface area contributed by atoms with Crippen LogP contribution < -0.4 is 0 Å². The lowest BCUT2D eigenvalue weighted by Gasteiger charge is -2.11. The van der Waals surface area contributed by atoms with E-state index in [2.05, 4.69) is 32.0 Å². The van der Waals surface area contributed by atoms with E-state index < -0.39 is 0 Å². The van der Waals surface area contributed by atoms with Gasteiger partial charge < -0.3 is 0 Å². The van der Waals surface area contributed by atoms with Crippen molar-refractivity contribution in [3.05, 3.63) is 34.9 Å². The molecule has 0 saturated carbocycles. The van der Waals surface area contributed by atoms with Gasteiger partial charge in [-0.1, -0.05) is 32.4 Å². The van der Waals surface area contributed by atoms with E-state index in [9.17, 15) is 0 Å². The van der Waals surface area contributed by atoms with Gasteiger partial charge in [0.05, 0.1) is 11.6 Å². The lowest BCUT2D eigenvalue weighted by Crippen LogP contribution is -1.94. The molecule has 1 aromatic carbocycles. The molecule has 0 heterocycles. The lowest BCUT2D eigenvalue weighted by molar-refractivity contribution is 0.664. The van der Waals surface area contributed by atoms with Gasteiger partial charge in [0, 0.05) is 0 Å². The first-order chi connectivity index (χ1) is 6.69. The molecule has 0 fully saturated rings. The van der Waals surface area contributed by atoms with E-state index >= 15 is 0 Å². The normalized spacial score (nSPS) is 12.1. The predicted octanol–water partition coefficient (Wildman–Crippen LogP) is 3.77. The van der Waals surface area contributed by atoms with Gasteiger partial charge in [-0.15, -0.1) is 0 Å². The summed E-state index contributed by atoms with van der Waals surface area (Å²) in [6.45, 7) is 6.44. The van der Waals surface area contributed by atoms with Gasteiger partial charge in [0.15, 0.2) is 0 Å². The molecule has 0 aromatic heterocycles. The Labute approximate surface area is 86.4 Å². The van der Waals surface area contributed by atoms with Crippen molar-refractivity contribution in [2.75, 3.05) is 0 Å². The van der Waals surface area contributed by atoms with Crippen molar-refractivity contribution in [2.24, 2.45) is 0 Å². The average molecular weight is 187 g/mol. The fraction of sp³-hybridized carbons (Fsp3) is 0.462. The van der Waals surface area contributed by atoms with Crippen LogP contribution in [0.4, 0.5) is 0 Å². The molecule has 0 aliphatic carbocycles. The first-order valence-corrected chi connectivity index (χ1v) is 5.19. The maximum Gasteiger partial charge on any atom is 0.0994 e. The standard InChI is InChI=1S/C13H17N/c1-4-5-10(2)12-6-7-13(9-14)11(3)8-12/h6-8,10H,4-5H2,1-3H3. The molecule has 0 saturated heterocycles. The Morgan fingerprint density at radius 1 is 1.43 bits per heavy atom. The summed E-state index contributed by atoms with van der Waals surface area (Å²) in [6.07, 6.45) is 2.42. The van der Waals surface area contributed by atoms with Crippen molar-refractivity contribution in [2.45, 2.75) is 39.5 Å². The molecule has 1 nitrogen and oxygen atoms in total. The number of nitrogens with zero attached hydrogens (tertiary/aromatic N) is 1. The van der Waals surface area contributed by atoms with E-state index in [0.29, 0.717) is 5.92 Å². The van der Waals surface area contributed by atoms with Crippen molar-refractivity contribution in [1.29, 1.82) is 5.26 Å². The van der Waals surface area contributed by atoms with Crippen molar-refractivity contribution in [3.8, 4) is 6.07 Å². The average Bonchev–Trinajstić information content (AvgIpc) is 2.18. The van der Waals surface area contributed by atoms with Gasteiger partial charge in [-0.25, -0.2) is 0 Å². The molecule has 1 atom stereocenters. The monoisotopic (exact) mass is 187 g/mol. The van der Waals surface area contributed by atoms with E-state index in [4.69, 9.17) is 5.26 Å². The van der Waals surface area contributed by atoms with Crippen LogP contribution in [0.2, 0.25) is 0 Å². The van der Waals surface area contributed by atoms with Crippen LogP contribution in [-0.2, 0) is 0 Å². The van der Waals surface area contributed by atoms with Crippen LogP contribution in [0.1, 0.15) is 49.3 Å². The number of rotatable bonds is 3. The molecule has 1 aromatic rings. The second-order valence-electron chi connectivity index (χ2n) is 3.88. The van der Waals surface area contributed by atoms with Crippen molar-refractivity contribution < 1.29 is 0 Å². The zero-order chi connectivity index (χ0) is 10.6. The highest BCUT2D eigenvalue weighted by molar-refractivity contribution is 5.40. The molecule has 0 radical (unpaired) electrons. The van der Waals surface area contributed by atoms with Crippen LogP contribution in [0.15, 0.2) is 18.2 Å². The maximum absolute atomic E-state index is 8.80. The number of benzene rings is 1. The summed E-state index contributed by atoms with van der Waals surface area (Å²) in [5, 5.41) is 8.80. The summed E-state index contributed by atoms with van der Waals surface area (Å²) in [7, 11) is 0. The van der Waals surface area contributed by atoms with Crippen molar-refractivity contribution in [3.63, 3.8) is 0 Å². The van der Waals surface area contributed by atoms with E-state index in [1.54, 1.807) is 0 Å². The summed E-state index contributed by atoms with van der Waals surface area (Å²) < 4.78 is 0. The minimum atomic E-state index is 0.603. The SMILES string of the molecule is CCCC(C)c1ccc(C#N)c(C)c1. The third-order valence-electron chi connectivity index (χ3n) is 2.66. The number of hydrogen-bond donors (Lipinski definition) is 0. The highest BCUT2D eigenvalue weighted by Crippen LogP contribution is 2.22. The van der Waals surface area contributed by atoms with Gasteiger partial charge >= 0.3 is 0 Å². The minimum absolute atomic E-state index is 0.603. The first kappa shape index (κ1) is 10.8. The molecule has 0 spiro atoms. The van der Waals surface area contributed by atoms with Gasteiger partial charge in [0.25, 0.3) is 0 Å². The molecule has 0 N–H and O–H groups in total. The Bertz CT molecular complexity index is 347. The van der Waals surface area contributed by atoms with Gasteiger partial charge in [-0.05, 0) is 36.5 Å². The third-order valence-corrected chi connectivity index (χ3v) is 2.66. The molecule has 0 aliphatic rings. The topological polar surface area (TPSA) is 23.8 Å². The minimum Gasteiger partial charge on any atom is -0.192 e. The Kier molecular flexibility index (Phi) is 3.71. The quantitative estimate of drug-likeness (QED) is 0.706. The van der Waals surface area contributed by atoms with Crippen LogP contribution in [0.25, 0.3) is 0 Å². The predicted molar refractivity (Wildman–Crippen MR) is 59.2 cm³/mol. The van der Waals surface area contributed by atoms with E-state index in [1.807, 2.05) is 13.0 Å². The second-order valence-corrected chi connectivity index (χ2v) is 3.88. The summed E-state index contributed by atoms with van der Waals surface area (Å²) in [6, 6.07) is 8.33. The summed E-state index contributed by atoms with van der Waals surface area (Å²) in [5.74, 6) is 0.603. The molecule has 1 unspecified atom stereocenters. The third kappa shape index (κ3) is 2.35. The first-order valence-electron chi connectivity index (χ1n) is 5.19. The molecule has 0 bridgehead atoms. The van der Waals surface area contributed by atoms with Crippen LogP contribution in [-0.4, -0.2) is 0 Å². The summed E-state index contributed by atoms with van der Waals surface area (Å²) in [5.41, 5.74) is 3.23. The van der Waals surface area contributed by atoms with Gasteiger partial charge in [-0.3, -0.25) is 0 Å². The molecular formula is C13H17N. The van der Waals surface area contributed by atoms with Crippen molar-refractivity contribution >= 4 is 0 Å². The zero-order valence-electron chi connectivity index (χ0n) is 9.17. The smallest absolute Gasteiger partial charge is 0.0994 e. The Balaban J connectivity index is 2.92. The van der Waals surface area contributed by atoms with E-state index in [0.717, 1.165) is 11.1 Å².